The van der Waals surface area contributed by atoms with Crippen LogP contribution < -0.4 is 0 Å². The third kappa shape index (κ3) is 3.07. The van der Waals surface area contributed by atoms with Crippen molar-refractivity contribution in [1.82, 2.24) is 0 Å². The minimum Gasteiger partial charge on any atom is -0.465 e. The molecule has 3 aliphatic rings. The lowest BCUT2D eigenvalue weighted by molar-refractivity contribution is -0.310. The maximum atomic E-state index is 12.2. The van der Waals surface area contributed by atoms with E-state index in [1.807, 2.05) is 20.8 Å². The molecule has 2 saturated heterocycles. The van der Waals surface area contributed by atoms with Crippen LogP contribution in [0.2, 0.25) is 0 Å². The van der Waals surface area contributed by atoms with Gasteiger partial charge in [-0.25, -0.2) is 0 Å². The van der Waals surface area contributed by atoms with Gasteiger partial charge in [-0.3, -0.25) is 9.59 Å². The quantitative estimate of drug-likeness (QED) is 0.560. The molecule has 5 heteroatoms. The van der Waals surface area contributed by atoms with E-state index in [1.54, 1.807) is 0 Å². The van der Waals surface area contributed by atoms with E-state index in [0.29, 0.717) is 32.3 Å². The number of esters is 1. The minimum absolute atomic E-state index is 0.00388. The zero-order valence-electron chi connectivity index (χ0n) is 17.2. The molecule has 3 fully saturated rings. The monoisotopic (exact) mass is 378 g/mol. The average Bonchev–Trinajstić information content (AvgIpc) is 2.79. The smallest absolute Gasteiger partial charge is 0.302 e. The Bertz CT molecular complexity index is 655. The van der Waals surface area contributed by atoms with Gasteiger partial charge in [-0.15, -0.1) is 0 Å². The minimum atomic E-state index is -1.26. The fourth-order valence-corrected chi connectivity index (χ4v) is 5.61. The highest BCUT2D eigenvalue weighted by molar-refractivity contribution is 5.80. The van der Waals surface area contributed by atoms with E-state index in [9.17, 15) is 14.7 Å². The van der Waals surface area contributed by atoms with Crippen molar-refractivity contribution in [2.45, 2.75) is 90.4 Å². The second kappa shape index (κ2) is 6.70. The molecule has 27 heavy (non-hydrogen) atoms. The van der Waals surface area contributed by atoms with Gasteiger partial charge in [-0.1, -0.05) is 27.4 Å². The number of carbonyl (C=O) groups is 2. The summed E-state index contributed by atoms with van der Waals surface area (Å²) in [6, 6.07) is 0. The van der Waals surface area contributed by atoms with Crippen LogP contribution in [0.1, 0.15) is 79.1 Å². The summed E-state index contributed by atoms with van der Waals surface area (Å²) in [7, 11) is 0. The van der Waals surface area contributed by atoms with Gasteiger partial charge in [0.15, 0.2) is 5.79 Å². The third-order valence-corrected chi connectivity index (χ3v) is 7.55. The summed E-state index contributed by atoms with van der Waals surface area (Å²) in [6.45, 7) is 11.9. The van der Waals surface area contributed by atoms with E-state index in [1.165, 1.54) is 6.92 Å². The second-order valence-electron chi connectivity index (χ2n) is 9.59. The number of ketones is 1. The molecule has 0 aromatic heterocycles. The Balaban J connectivity index is 1.93. The molecule has 1 N–H and O–H groups in total. The first-order valence-electron chi connectivity index (χ1n) is 10.3. The number of carbonyl (C=O) groups excluding carboxylic acids is 2. The van der Waals surface area contributed by atoms with E-state index < -0.39 is 16.8 Å². The summed E-state index contributed by atoms with van der Waals surface area (Å²) in [4.78, 5) is 23.7. The molecule has 2 bridgehead atoms. The number of hydrogen-bond acceptors (Lipinski definition) is 5. The molecule has 1 aliphatic carbocycles. The maximum absolute atomic E-state index is 12.2. The Morgan fingerprint density at radius 3 is 2.63 bits per heavy atom. The molecule has 0 amide bonds. The Kier molecular flexibility index (Phi) is 5.09. The summed E-state index contributed by atoms with van der Waals surface area (Å²) in [5.41, 5.74) is -0.530. The van der Waals surface area contributed by atoms with E-state index in [2.05, 4.69) is 6.58 Å². The first-order valence-corrected chi connectivity index (χ1v) is 10.3. The third-order valence-electron chi connectivity index (χ3n) is 7.55. The topological polar surface area (TPSA) is 72.8 Å². The van der Waals surface area contributed by atoms with E-state index in [0.717, 1.165) is 31.3 Å². The standard InChI is InChI=1S/C22H34O5/c1-15(2)18(24)8-10-19(5)13-21-16(3)7-6-9-20(21,14-26-17(4)23)11-12-22(19,25)27-21/h15,25H,3,6-14H2,1-2,4-5H3. The highest BCUT2D eigenvalue weighted by Crippen LogP contribution is 2.69. The molecule has 5 nitrogen and oxygen atoms in total. The van der Waals surface area contributed by atoms with Gasteiger partial charge in [-0.05, 0) is 44.1 Å². The van der Waals surface area contributed by atoms with Crippen LogP contribution in [-0.2, 0) is 19.1 Å². The van der Waals surface area contributed by atoms with Gasteiger partial charge >= 0.3 is 5.97 Å². The molecular weight excluding hydrogens is 344 g/mol. The SMILES string of the molecule is C=C1CCCC2(COC(C)=O)CCC3(O)OC12CC3(C)CCC(=O)C(C)C. The number of Topliss-reactive ketones (excluding diaryl/α,β-unsaturated/α-hetero) is 1. The highest BCUT2D eigenvalue weighted by Gasteiger charge is 2.73. The summed E-state index contributed by atoms with van der Waals surface area (Å²) in [5, 5.41) is 11.5. The molecule has 2 aliphatic heterocycles. The van der Waals surface area contributed by atoms with Gasteiger partial charge < -0.3 is 14.6 Å². The fourth-order valence-electron chi connectivity index (χ4n) is 5.61. The summed E-state index contributed by atoms with van der Waals surface area (Å²) in [6.07, 6.45) is 5.65. The van der Waals surface area contributed by atoms with Gasteiger partial charge in [0.25, 0.3) is 0 Å². The van der Waals surface area contributed by atoms with Crippen molar-refractivity contribution in [1.29, 1.82) is 0 Å². The van der Waals surface area contributed by atoms with Gasteiger partial charge in [0.05, 0.1) is 6.61 Å². The van der Waals surface area contributed by atoms with Crippen LogP contribution in [0.25, 0.3) is 0 Å². The Morgan fingerprint density at radius 2 is 2.00 bits per heavy atom. The molecule has 1 spiro atoms. The van der Waals surface area contributed by atoms with Crippen molar-refractivity contribution in [2.75, 3.05) is 6.61 Å². The van der Waals surface area contributed by atoms with Crippen molar-refractivity contribution >= 4 is 11.8 Å². The average molecular weight is 379 g/mol. The normalized spacial score (nSPS) is 40.7. The first kappa shape index (κ1) is 20.5. The number of hydrogen-bond donors (Lipinski definition) is 1. The number of ether oxygens (including phenoxy) is 2. The molecule has 4 atom stereocenters. The van der Waals surface area contributed by atoms with Crippen molar-refractivity contribution in [2.24, 2.45) is 16.7 Å². The van der Waals surface area contributed by atoms with E-state index in [-0.39, 0.29) is 23.1 Å². The lowest BCUT2D eigenvalue weighted by Gasteiger charge is -2.55. The summed E-state index contributed by atoms with van der Waals surface area (Å²) < 4.78 is 12.0. The lowest BCUT2D eigenvalue weighted by Crippen LogP contribution is -2.59. The van der Waals surface area contributed by atoms with E-state index >= 15 is 0 Å². The molecule has 4 unspecified atom stereocenters. The van der Waals surface area contributed by atoms with Gasteiger partial charge in [-0.2, -0.15) is 0 Å². The van der Waals surface area contributed by atoms with Crippen molar-refractivity contribution in [3.8, 4) is 0 Å². The lowest BCUT2D eigenvalue weighted by atomic mass is 9.57. The Morgan fingerprint density at radius 1 is 1.30 bits per heavy atom. The van der Waals surface area contributed by atoms with Gasteiger partial charge in [0.1, 0.15) is 11.4 Å². The Hall–Kier alpha value is -1.20. The van der Waals surface area contributed by atoms with Crippen LogP contribution in [-0.4, -0.2) is 34.9 Å². The number of fused-ring (bicyclic) bond motifs is 1. The van der Waals surface area contributed by atoms with Gasteiger partial charge in [0, 0.05) is 36.5 Å². The highest BCUT2D eigenvalue weighted by atomic mass is 16.7. The van der Waals surface area contributed by atoms with Crippen LogP contribution in [0.4, 0.5) is 0 Å². The van der Waals surface area contributed by atoms with Crippen LogP contribution in [0.5, 0.6) is 0 Å². The maximum Gasteiger partial charge on any atom is 0.302 e. The zero-order chi connectivity index (χ0) is 20.1. The molecule has 3 rings (SSSR count). The molecule has 2 heterocycles. The molecular formula is C22H34O5. The molecule has 152 valence electrons. The first-order chi connectivity index (χ1) is 12.5. The van der Waals surface area contributed by atoms with Crippen molar-refractivity contribution in [3.05, 3.63) is 12.2 Å². The predicted molar refractivity (Wildman–Crippen MR) is 102 cm³/mol. The van der Waals surface area contributed by atoms with Gasteiger partial charge in [0.2, 0.25) is 0 Å². The van der Waals surface area contributed by atoms with Crippen LogP contribution in [0, 0.1) is 16.7 Å². The summed E-state index contributed by atoms with van der Waals surface area (Å²) >= 11 is 0. The largest absolute Gasteiger partial charge is 0.465 e. The van der Waals surface area contributed by atoms with Crippen molar-refractivity contribution in [3.63, 3.8) is 0 Å². The number of rotatable bonds is 6. The fraction of sp³-hybridized carbons (Fsp3) is 0.818. The molecule has 1 saturated carbocycles. The summed E-state index contributed by atoms with van der Waals surface area (Å²) in [5.74, 6) is -1.34. The van der Waals surface area contributed by atoms with Crippen LogP contribution in [0.15, 0.2) is 12.2 Å². The molecule has 0 radical (unpaired) electrons. The van der Waals surface area contributed by atoms with Crippen LogP contribution >= 0.6 is 0 Å². The predicted octanol–water partition coefficient (Wildman–Crippen LogP) is 3.93. The molecule has 0 aromatic rings. The van der Waals surface area contributed by atoms with Crippen molar-refractivity contribution < 1.29 is 24.2 Å². The molecule has 0 aromatic carbocycles. The Labute approximate surface area is 162 Å². The van der Waals surface area contributed by atoms with E-state index in [4.69, 9.17) is 9.47 Å². The van der Waals surface area contributed by atoms with Crippen LogP contribution in [0.3, 0.4) is 0 Å². The second-order valence-corrected chi connectivity index (χ2v) is 9.59. The number of aliphatic hydroxyl groups is 1. The zero-order valence-corrected chi connectivity index (χ0v) is 17.2.